The maximum Gasteiger partial charge on any atom is 0.0623 e. The largest absolute Gasteiger partial charge is 0.256 e. The normalized spacial score (nSPS) is 28.8. The molecule has 0 spiro atoms. The average Bonchev–Trinajstić information content (AvgIpc) is 2.28. The molecule has 2 aliphatic heterocycles. The first kappa shape index (κ1) is 6.43. The van der Waals surface area contributed by atoms with Crippen LogP contribution in [0.1, 0.15) is 6.42 Å². The van der Waals surface area contributed by atoms with E-state index < -0.39 is 0 Å². The molecular weight excluding hydrogens is 162 g/mol. The van der Waals surface area contributed by atoms with Gasteiger partial charge in [-0.3, -0.25) is 4.99 Å². The van der Waals surface area contributed by atoms with E-state index in [1.165, 1.54) is 4.24 Å². The second kappa shape index (κ2) is 2.76. The molecule has 0 radical (unpaired) electrons. The van der Waals surface area contributed by atoms with E-state index in [4.69, 9.17) is 0 Å². The maximum absolute atomic E-state index is 4.11. The number of rotatable bonds is 0. The Morgan fingerprint density at radius 3 is 3.60 bits per heavy atom. The first-order chi connectivity index (χ1) is 4.97. The number of thioether (sulfide) groups is 1. The van der Waals surface area contributed by atoms with E-state index in [1.807, 2.05) is 11.7 Å². The molecule has 0 saturated heterocycles. The summed E-state index contributed by atoms with van der Waals surface area (Å²) < 4.78 is 1.38. The van der Waals surface area contributed by atoms with Crippen LogP contribution in [0.2, 0.25) is 0 Å². The lowest BCUT2D eigenvalue weighted by atomic mass is 10.5. The molecule has 0 aromatic carbocycles. The molecule has 2 rings (SSSR count). The maximum atomic E-state index is 4.11. The molecule has 2 aliphatic rings. The predicted octanol–water partition coefficient (Wildman–Crippen LogP) is 2.55. The summed E-state index contributed by atoms with van der Waals surface area (Å²) >= 11 is 1.79. The lowest BCUT2D eigenvalue weighted by Crippen LogP contribution is -1.70. The molecule has 0 aromatic heterocycles. The summed E-state index contributed by atoms with van der Waals surface area (Å²) in [5.41, 5.74) is 2.02. The second-order valence-electron chi connectivity index (χ2n) is 1.97. The number of hydrogen-bond acceptors (Lipinski definition) is 2. The van der Waals surface area contributed by atoms with E-state index in [0.717, 1.165) is 6.42 Å². The molecule has 1 atom stereocenters. The Morgan fingerprint density at radius 1 is 1.60 bits per heavy atom. The van der Waals surface area contributed by atoms with Crippen molar-refractivity contribution in [3.63, 3.8) is 0 Å². The van der Waals surface area contributed by atoms with Gasteiger partial charge in [0.15, 0.2) is 0 Å². The van der Waals surface area contributed by atoms with Crippen LogP contribution in [0.15, 0.2) is 26.9 Å². The van der Waals surface area contributed by atoms with Crippen molar-refractivity contribution in [2.24, 2.45) is 4.99 Å². The quantitative estimate of drug-likeness (QED) is 0.508. The summed E-state index contributed by atoms with van der Waals surface area (Å²) in [5, 5.41) is 4.45. The number of fused-ring (bicyclic) bond motifs is 1. The van der Waals surface area contributed by atoms with Gasteiger partial charge in [-0.05, 0) is 17.2 Å². The molecule has 1 nitrogen and oxygen atoms in total. The van der Waals surface area contributed by atoms with Gasteiger partial charge in [-0.25, -0.2) is 0 Å². The first-order valence-corrected chi connectivity index (χ1v) is 5.30. The summed E-state index contributed by atoms with van der Waals surface area (Å²) in [4.78, 5) is 4.11. The highest BCUT2D eigenvalue weighted by Crippen LogP contribution is 2.38. The molecule has 1 unspecified atom stereocenters. The van der Waals surface area contributed by atoms with Crippen LogP contribution in [0.4, 0.5) is 0 Å². The van der Waals surface area contributed by atoms with E-state index in [-0.39, 0.29) is 10.5 Å². The summed E-state index contributed by atoms with van der Waals surface area (Å²) in [6.45, 7) is 0. The number of nitrogens with zero attached hydrogens (tertiary/aromatic N) is 1. The van der Waals surface area contributed by atoms with Crippen molar-refractivity contribution >= 4 is 33.2 Å². The lowest BCUT2D eigenvalue weighted by molar-refractivity contribution is 1.59. The Kier molecular flexibility index (Phi) is 1.78. The summed E-state index contributed by atoms with van der Waals surface area (Å²) in [5.74, 6) is 0. The van der Waals surface area contributed by atoms with Gasteiger partial charge < -0.3 is 0 Å². The van der Waals surface area contributed by atoms with E-state index in [1.54, 1.807) is 11.8 Å². The minimum absolute atomic E-state index is 0.242. The van der Waals surface area contributed by atoms with Gasteiger partial charge in [0.25, 0.3) is 0 Å². The predicted molar refractivity (Wildman–Crippen MR) is 51.6 cm³/mol. The molecule has 0 aliphatic carbocycles. The molecule has 0 N–H and O–H groups in total. The first-order valence-electron chi connectivity index (χ1n) is 3.07. The zero-order valence-electron chi connectivity index (χ0n) is 5.36. The van der Waals surface area contributed by atoms with Crippen molar-refractivity contribution in [2.45, 2.75) is 6.42 Å². The van der Waals surface area contributed by atoms with Crippen LogP contribution in [-0.2, 0) is 0 Å². The van der Waals surface area contributed by atoms with Crippen LogP contribution in [-0.4, -0.2) is 10.9 Å². The topological polar surface area (TPSA) is 12.4 Å². The van der Waals surface area contributed by atoms with E-state index in [0.29, 0.717) is 0 Å². The van der Waals surface area contributed by atoms with Gasteiger partial charge in [0, 0.05) is 6.20 Å². The Bertz CT molecular complexity index is 261. The smallest absolute Gasteiger partial charge is 0.0623 e. The Labute approximate surface area is 66.9 Å². The molecular formula is C7H7NS2. The highest BCUT2D eigenvalue weighted by molar-refractivity contribution is 8.39. The Morgan fingerprint density at radius 2 is 2.60 bits per heavy atom. The minimum atomic E-state index is 0.242. The summed E-state index contributed by atoms with van der Waals surface area (Å²) in [6.07, 6.45) is 5.23. The Balaban J connectivity index is 2.35. The molecule has 0 aromatic rings. The fourth-order valence-corrected chi connectivity index (χ4v) is 3.27. The van der Waals surface area contributed by atoms with Gasteiger partial charge in [-0.15, -0.1) is 10.5 Å². The van der Waals surface area contributed by atoms with Gasteiger partial charge in [-0.2, -0.15) is 0 Å². The number of aliphatic imine (C=N–C) groups is 1. The van der Waals surface area contributed by atoms with Crippen LogP contribution in [0, 0.1) is 0 Å². The fraction of sp³-hybridized carbons (Fsp3) is 0.143. The zero-order chi connectivity index (χ0) is 6.81. The van der Waals surface area contributed by atoms with Gasteiger partial charge in [0.2, 0.25) is 0 Å². The van der Waals surface area contributed by atoms with E-state index in [2.05, 4.69) is 21.8 Å². The number of hydrogen-bond donors (Lipinski definition) is 0. The van der Waals surface area contributed by atoms with Crippen molar-refractivity contribution < 1.29 is 0 Å². The van der Waals surface area contributed by atoms with Crippen LogP contribution in [0.25, 0.3) is 0 Å². The lowest BCUT2D eigenvalue weighted by Gasteiger charge is -1.95. The molecule has 0 amide bonds. The van der Waals surface area contributed by atoms with Crippen molar-refractivity contribution in [1.82, 2.24) is 0 Å². The number of allylic oxidation sites excluding steroid dienone is 1. The van der Waals surface area contributed by atoms with Crippen LogP contribution >= 0.6 is 22.2 Å². The summed E-state index contributed by atoms with van der Waals surface area (Å²) in [7, 11) is 0.242. The molecule has 0 fully saturated rings. The molecule has 0 saturated carbocycles. The third-order valence-corrected chi connectivity index (χ3v) is 4.28. The molecule has 2 heterocycles. The van der Waals surface area contributed by atoms with Crippen molar-refractivity contribution in [3.8, 4) is 0 Å². The van der Waals surface area contributed by atoms with E-state index in [9.17, 15) is 0 Å². The van der Waals surface area contributed by atoms with Crippen molar-refractivity contribution in [2.75, 3.05) is 0 Å². The highest BCUT2D eigenvalue weighted by Gasteiger charge is 2.06. The van der Waals surface area contributed by atoms with Gasteiger partial charge in [-0.1, -0.05) is 17.8 Å². The monoisotopic (exact) mass is 169 g/mol. The van der Waals surface area contributed by atoms with Crippen molar-refractivity contribution in [1.29, 1.82) is 0 Å². The SMILES string of the molecule is C1=CSC2=CN=CS2=CC1. The third-order valence-electron chi connectivity index (χ3n) is 1.28. The van der Waals surface area contributed by atoms with Crippen LogP contribution < -0.4 is 0 Å². The van der Waals surface area contributed by atoms with Gasteiger partial charge in [0.1, 0.15) is 0 Å². The third kappa shape index (κ3) is 1.11. The van der Waals surface area contributed by atoms with Crippen molar-refractivity contribution in [3.05, 3.63) is 21.9 Å². The van der Waals surface area contributed by atoms with Crippen LogP contribution in [0.5, 0.6) is 0 Å². The molecule has 10 heavy (non-hydrogen) atoms. The van der Waals surface area contributed by atoms with Crippen LogP contribution in [0.3, 0.4) is 0 Å². The van der Waals surface area contributed by atoms with Gasteiger partial charge >= 0.3 is 0 Å². The minimum Gasteiger partial charge on any atom is -0.256 e. The zero-order valence-corrected chi connectivity index (χ0v) is 6.99. The molecule has 52 valence electrons. The average molecular weight is 169 g/mol. The molecule has 0 bridgehead atoms. The second-order valence-corrected chi connectivity index (χ2v) is 4.90. The standard InChI is InChI=1S/C7H7NS2/c1-2-4-10-6-8-5-7(10)9-3-1/h1,3-6H,2H2. The fourth-order valence-electron chi connectivity index (χ4n) is 0.811. The molecule has 3 heteroatoms. The van der Waals surface area contributed by atoms with Gasteiger partial charge in [0.05, 0.1) is 9.78 Å². The van der Waals surface area contributed by atoms with E-state index >= 15 is 0 Å². The summed E-state index contributed by atoms with van der Waals surface area (Å²) in [6, 6.07) is 0. The Hall–Kier alpha value is -0.280. The highest BCUT2D eigenvalue weighted by atomic mass is 32.2.